The van der Waals surface area contributed by atoms with E-state index in [4.69, 9.17) is 9.84 Å². The fourth-order valence-corrected chi connectivity index (χ4v) is 1.80. The highest BCUT2D eigenvalue weighted by Gasteiger charge is 2.02. The predicted octanol–water partition coefficient (Wildman–Crippen LogP) is 3.07. The summed E-state index contributed by atoms with van der Waals surface area (Å²) in [6.07, 6.45) is 0.190. The van der Waals surface area contributed by atoms with Crippen molar-refractivity contribution in [3.8, 4) is 11.5 Å². The molecule has 0 amide bonds. The van der Waals surface area contributed by atoms with Gasteiger partial charge in [-0.3, -0.25) is 0 Å². The van der Waals surface area contributed by atoms with Crippen molar-refractivity contribution < 1.29 is 14.9 Å². The number of aliphatic hydroxyl groups is 2. The van der Waals surface area contributed by atoms with Crippen molar-refractivity contribution in [2.24, 2.45) is 0 Å². The molecule has 19 heavy (non-hydrogen) atoms. The van der Waals surface area contributed by atoms with Crippen LogP contribution in [0.5, 0.6) is 11.5 Å². The van der Waals surface area contributed by atoms with Crippen LogP contribution in [0.4, 0.5) is 0 Å². The molecule has 2 rings (SSSR count). The molecule has 0 saturated carbocycles. The summed E-state index contributed by atoms with van der Waals surface area (Å²) in [7, 11) is 0. The number of benzene rings is 2. The lowest BCUT2D eigenvalue weighted by molar-refractivity contribution is 0.199. The Kier molecular flexibility index (Phi) is 4.55. The Balaban J connectivity index is 2.04. The molecule has 2 N–H and O–H groups in total. The second kappa shape index (κ2) is 6.36. The lowest BCUT2D eigenvalue weighted by Gasteiger charge is -2.08. The van der Waals surface area contributed by atoms with Gasteiger partial charge in [-0.2, -0.15) is 0 Å². The van der Waals surface area contributed by atoms with E-state index in [0.717, 1.165) is 22.6 Å². The molecule has 0 radical (unpaired) electrons. The maximum Gasteiger partial charge on any atom is 0.127 e. The summed E-state index contributed by atoms with van der Waals surface area (Å²) >= 11 is 0. The van der Waals surface area contributed by atoms with Crippen LogP contribution in [0.3, 0.4) is 0 Å². The molecule has 2 aromatic carbocycles. The molecule has 0 spiro atoms. The normalized spacial score (nSPS) is 12.2. The van der Waals surface area contributed by atoms with Crippen molar-refractivity contribution in [2.45, 2.75) is 19.4 Å². The summed E-state index contributed by atoms with van der Waals surface area (Å²) in [6.45, 7) is 1.89. The molecule has 0 bridgehead atoms. The first-order valence-corrected chi connectivity index (χ1v) is 6.34. The van der Waals surface area contributed by atoms with Gasteiger partial charge in [0.15, 0.2) is 0 Å². The smallest absolute Gasteiger partial charge is 0.127 e. The Bertz CT molecular complexity index is 501. The van der Waals surface area contributed by atoms with E-state index in [2.05, 4.69) is 0 Å². The Morgan fingerprint density at radius 2 is 1.47 bits per heavy atom. The minimum absolute atomic E-state index is 0.154. The molecule has 2 aromatic rings. The summed E-state index contributed by atoms with van der Waals surface area (Å²) in [5.74, 6) is 1.49. The predicted molar refractivity (Wildman–Crippen MR) is 74.4 cm³/mol. The Morgan fingerprint density at radius 3 is 1.95 bits per heavy atom. The van der Waals surface area contributed by atoms with Crippen molar-refractivity contribution in [3.63, 3.8) is 0 Å². The molecule has 0 unspecified atom stereocenters. The van der Waals surface area contributed by atoms with Crippen LogP contribution < -0.4 is 4.74 Å². The standard InChI is InChI=1S/C16H18O3/c1-12(18)14-4-8-16(9-5-14)19-15-6-2-13(3-7-15)10-11-17/h2-9,12,17-18H,10-11H2,1H3/t12-/m0/s1. The van der Waals surface area contributed by atoms with Crippen LogP contribution in [0.15, 0.2) is 48.5 Å². The van der Waals surface area contributed by atoms with Crippen LogP contribution >= 0.6 is 0 Å². The van der Waals surface area contributed by atoms with Gasteiger partial charge in [0.1, 0.15) is 11.5 Å². The Labute approximate surface area is 113 Å². The third-order valence-corrected chi connectivity index (χ3v) is 2.92. The summed E-state index contributed by atoms with van der Waals surface area (Å²) in [6, 6.07) is 15.0. The van der Waals surface area contributed by atoms with Gasteiger partial charge in [0, 0.05) is 6.61 Å². The monoisotopic (exact) mass is 258 g/mol. The van der Waals surface area contributed by atoms with Gasteiger partial charge < -0.3 is 14.9 Å². The molecule has 0 aromatic heterocycles. The van der Waals surface area contributed by atoms with Gasteiger partial charge in [-0.05, 0) is 48.7 Å². The zero-order valence-corrected chi connectivity index (χ0v) is 10.9. The third-order valence-electron chi connectivity index (χ3n) is 2.92. The van der Waals surface area contributed by atoms with E-state index in [-0.39, 0.29) is 6.61 Å². The summed E-state index contributed by atoms with van der Waals surface area (Å²) < 4.78 is 5.70. The molecular weight excluding hydrogens is 240 g/mol. The molecule has 100 valence electrons. The third kappa shape index (κ3) is 3.81. The van der Waals surface area contributed by atoms with Crippen molar-refractivity contribution >= 4 is 0 Å². The second-order valence-corrected chi connectivity index (χ2v) is 4.46. The molecule has 0 heterocycles. The second-order valence-electron chi connectivity index (χ2n) is 4.46. The average molecular weight is 258 g/mol. The molecule has 0 aliphatic rings. The Hall–Kier alpha value is -1.84. The first-order chi connectivity index (χ1) is 9.19. The largest absolute Gasteiger partial charge is 0.457 e. The topological polar surface area (TPSA) is 49.7 Å². The summed E-state index contributed by atoms with van der Waals surface area (Å²) in [5.41, 5.74) is 1.95. The first kappa shape index (κ1) is 13.6. The van der Waals surface area contributed by atoms with Gasteiger partial charge in [0.2, 0.25) is 0 Å². The minimum atomic E-state index is -0.466. The fourth-order valence-electron chi connectivity index (χ4n) is 1.80. The van der Waals surface area contributed by atoms with Crippen LogP contribution in [0.1, 0.15) is 24.2 Å². The molecule has 3 nitrogen and oxygen atoms in total. The fraction of sp³-hybridized carbons (Fsp3) is 0.250. The van der Waals surface area contributed by atoms with Crippen LogP contribution in [0.25, 0.3) is 0 Å². The van der Waals surface area contributed by atoms with E-state index in [1.807, 2.05) is 48.5 Å². The van der Waals surface area contributed by atoms with Crippen molar-refractivity contribution in [3.05, 3.63) is 59.7 Å². The lowest BCUT2D eigenvalue weighted by Crippen LogP contribution is -1.92. The number of rotatable bonds is 5. The average Bonchev–Trinajstić information content (AvgIpc) is 2.42. The van der Waals surface area contributed by atoms with Gasteiger partial charge in [-0.15, -0.1) is 0 Å². The van der Waals surface area contributed by atoms with Gasteiger partial charge >= 0.3 is 0 Å². The SMILES string of the molecule is C[C@H](O)c1ccc(Oc2ccc(CCO)cc2)cc1. The highest BCUT2D eigenvalue weighted by Crippen LogP contribution is 2.23. The maximum absolute atomic E-state index is 9.42. The van der Waals surface area contributed by atoms with E-state index in [1.165, 1.54) is 0 Å². The van der Waals surface area contributed by atoms with Gasteiger partial charge in [-0.25, -0.2) is 0 Å². The molecule has 1 atom stereocenters. The zero-order valence-electron chi connectivity index (χ0n) is 10.9. The van der Waals surface area contributed by atoms with Gasteiger partial charge in [0.25, 0.3) is 0 Å². The van der Waals surface area contributed by atoms with Crippen LogP contribution in [-0.2, 0) is 6.42 Å². The van der Waals surface area contributed by atoms with Crippen LogP contribution in [-0.4, -0.2) is 16.8 Å². The molecular formula is C16H18O3. The quantitative estimate of drug-likeness (QED) is 0.866. The number of ether oxygens (including phenoxy) is 1. The zero-order chi connectivity index (χ0) is 13.7. The molecule has 0 aliphatic carbocycles. The molecule has 0 fully saturated rings. The van der Waals surface area contributed by atoms with Crippen molar-refractivity contribution in [2.75, 3.05) is 6.61 Å². The first-order valence-electron chi connectivity index (χ1n) is 6.34. The van der Waals surface area contributed by atoms with Gasteiger partial charge in [-0.1, -0.05) is 24.3 Å². The summed E-state index contributed by atoms with van der Waals surface area (Å²) in [4.78, 5) is 0. The van der Waals surface area contributed by atoms with E-state index in [0.29, 0.717) is 6.42 Å². The van der Waals surface area contributed by atoms with E-state index in [1.54, 1.807) is 6.92 Å². The molecule has 0 saturated heterocycles. The molecule has 3 heteroatoms. The van der Waals surface area contributed by atoms with Gasteiger partial charge in [0.05, 0.1) is 6.10 Å². The van der Waals surface area contributed by atoms with Crippen molar-refractivity contribution in [1.82, 2.24) is 0 Å². The van der Waals surface area contributed by atoms with E-state index >= 15 is 0 Å². The Morgan fingerprint density at radius 1 is 0.947 bits per heavy atom. The summed E-state index contributed by atoms with van der Waals surface area (Å²) in [5, 5.41) is 18.3. The van der Waals surface area contributed by atoms with Crippen LogP contribution in [0.2, 0.25) is 0 Å². The molecule has 0 aliphatic heterocycles. The minimum Gasteiger partial charge on any atom is -0.457 e. The van der Waals surface area contributed by atoms with E-state index in [9.17, 15) is 5.11 Å². The van der Waals surface area contributed by atoms with Crippen molar-refractivity contribution in [1.29, 1.82) is 0 Å². The maximum atomic E-state index is 9.42. The number of hydrogen-bond acceptors (Lipinski definition) is 3. The van der Waals surface area contributed by atoms with E-state index < -0.39 is 6.10 Å². The number of hydrogen-bond donors (Lipinski definition) is 2. The highest BCUT2D eigenvalue weighted by molar-refractivity contribution is 5.35. The van der Waals surface area contributed by atoms with Crippen LogP contribution in [0, 0.1) is 0 Å². The highest BCUT2D eigenvalue weighted by atomic mass is 16.5. The number of aliphatic hydroxyl groups excluding tert-OH is 2. The lowest BCUT2D eigenvalue weighted by atomic mass is 10.1.